The zero-order valence-corrected chi connectivity index (χ0v) is 9.87. The number of alkyl halides is 3. The minimum atomic E-state index is -4.82. The minimum Gasteiger partial charge on any atom is -0.404 e. The second-order valence-electron chi connectivity index (χ2n) is 3.36. The van der Waals surface area contributed by atoms with Crippen LogP contribution in [0.3, 0.4) is 0 Å². The largest absolute Gasteiger partial charge is 0.573 e. The van der Waals surface area contributed by atoms with E-state index in [0.29, 0.717) is 5.56 Å². The number of ether oxygens (including phenoxy) is 1. The van der Waals surface area contributed by atoms with Crippen LogP contribution in [0, 0.1) is 0 Å². The van der Waals surface area contributed by atoms with Crippen LogP contribution < -0.4 is 4.74 Å². The van der Waals surface area contributed by atoms with E-state index in [-0.39, 0.29) is 16.7 Å². The van der Waals surface area contributed by atoms with Crippen LogP contribution in [0.1, 0.15) is 5.89 Å². The monoisotopic (exact) mass is 294 g/mol. The van der Waals surface area contributed by atoms with E-state index in [1.54, 1.807) is 0 Å². The van der Waals surface area contributed by atoms with Gasteiger partial charge in [-0.25, -0.2) is 0 Å². The average molecular weight is 295 g/mol. The third-order valence-electron chi connectivity index (χ3n) is 2.02. The van der Waals surface area contributed by atoms with Crippen molar-refractivity contribution in [3.05, 3.63) is 29.1 Å². The van der Waals surface area contributed by atoms with Crippen molar-refractivity contribution in [3.63, 3.8) is 0 Å². The molecule has 9 heteroatoms. The minimum absolute atomic E-state index is 0.0123. The molecule has 102 valence electrons. The second-order valence-corrected chi connectivity index (χ2v) is 3.77. The SMILES string of the molecule is OCc1nc(-c2ccc(OC(F)(F)F)c(Cl)c2)no1. The first-order valence-corrected chi connectivity index (χ1v) is 5.26. The molecule has 0 saturated carbocycles. The van der Waals surface area contributed by atoms with E-state index in [0.717, 1.165) is 6.07 Å². The normalized spacial score (nSPS) is 11.6. The average Bonchev–Trinajstić information content (AvgIpc) is 2.79. The highest BCUT2D eigenvalue weighted by Gasteiger charge is 2.32. The Morgan fingerprint density at radius 2 is 2.11 bits per heavy atom. The number of hydrogen-bond donors (Lipinski definition) is 1. The highest BCUT2D eigenvalue weighted by Crippen LogP contribution is 2.32. The van der Waals surface area contributed by atoms with Crippen LogP contribution in [0.5, 0.6) is 5.75 Å². The molecule has 5 nitrogen and oxygen atoms in total. The lowest BCUT2D eigenvalue weighted by molar-refractivity contribution is -0.274. The molecule has 1 aromatic carbocycles. The van der Waals surface area contributed by atoms with Crippen LogP contribution in [0.2, 0.25) is 5.02 Å². The fourth-order valence-electron chi connectivity index (χ4n) is 1.28. The molecule has 2 rings (SSSR count). The number of hydrogen-bond acceptors (Lipinski definition) is 5. The summed E-state index contributed by atoms with van der Waals surface area (Å²) in [5.74, 6) is -0.435. The molecule has 0 bridgehead atoms. The van der Waals surface area contributed by atoms with Gasteiger partial charge in [-0.15, -0.1) is 13.2 Å². The molecule has 2 aromatic rings. The van der Waals surface area contributed by atoms with E-state index in [4.69, 9.17) is 16.7 Å². The third-order valence-corrected chi connectivity index (χ3v) is 2.31. The van der Waals surface area contributed by atoms with E-state index in [2.05, 4.69) is 19.4 Å². The first kappa shape index (κ1) is 13.6. The Balaban J connectivity index is 2.28. The lowest BCUT2D eigenvalue weighted by Gasteiger charge is -2.10. The lowest BCUT2D eigenvalue weighted by atomic mass is 10.2. The summed E-state index contributed by atoms with van der Waals surface area (Å²) in [5, 5.41) is 12.0. The maximum atomic E-state index is 12.0. The Bertz CT molecular complexity index is 586. The highest BCUT2D eigenvalue weighted by atomic mass is 35.5. The molecule has 0 amide bonds. The third kappa shape index (κ3) is 3.36. The maximum absolute atomic E-state index is 12.0. The van der Waals surface area contributed by atoms with Crippen molar-refractivity contribution in [1.29, 1.82) is 0 Å². The summed E-state index contributed by atoms with van der Waals surface area (Å²) in [5.41, 5.74) is 0.336. The van der Waals surface area contributed by atoms with Crippen molar-refractivity contribution in [3.8, 4) is 17.1 Å². The van der Waals surface area contributed by atoms with Gasteiger partial charge >= 0.3 is 6.36 Å². The summed E-state index contributed by atoms with van der Waals surface area (Å²) in [6.45, 7) is -0.435. The van der Waals surface area contributed by atoms with Gasteiger partial charge in [-0.1, -0.05) is 16.8 Å². The van der Waals surface area contributed by atoms with Crippen molar-refractivity contribution < 1.29 is 27.5 Å². The molecule has 0 spiro atoms. The van der Waals surface area contributed by atoms with Crippen LogP contribution in [-0.4, -0.2) is 21.6 Å². The number of rotatable bonds is 3. The highest BCUT2D eigenvalue weighted by molar-refractivity contribution is 6.32. The van der Waals surface area contributed by atoms with Crippen LogP contribution in [0.25, 0.3) is 11.4 Å². The fraction of sp³-hybridized carbons (Fsp3) is 0.200. The van der Waals surface area contributed by atoms with Crippen LogP contribution in [0.4, 0.5) is 13.2 Å². The smallest absolute Gasteiger partial charge is 0.404 e. The Hall–Kier alpha value is -1.80. The number of nitrogens with zero attached hydrogens (tertiary/aromatic N) is 2. The molecule has 0 saturated heterocycles. The number of benzene rings is 1. The molecule has 0 radical (unpaired) electrons. The zero-order chi connectivity index (χ0) is 14.0. The molecule has 1 N–H and O–H groups in total. The predicted molar refractivity (Wildman–Crippen MR) is 57.3 cm³/mol. The maximum Gasteiger partial charge on any atom is 0.573 e. The fourth-order valence-corrected chi connectivity index (χ4v) is 1.50. The summed E-state index contributed by atoms with van der Waals surface area (Å²) in [4.78, 5) is 3.79. The predicted octanol–water partition coefficient (Wildman–Crippen LogP) is 2.78. The van der Waals surface area contributed by atoms with Crippen molar-refractivity contribution in [2.24, 2.45) is 0 Å². The van der Waals surface area contributed by atoms with Crippen LogP contribution >= 0.6 is 11.6 Å². The van der Waals surface area contributed by atoms with Gasteiger partial charge in [-0.2, -0.15) is 4.98 Å². The number of aromatic nitrogens is 2. The van der Waals surface area contributed by atoms with Gasteiger partial charge in [-0.05, 0) is 18.2 Å². The lowest BCUT2D eigenvalue weighted by Crippen LogP contribution is -2.17. The van der Waals surface area contributed by atoms with Gasteiger partial charge in [0.1, 0.15) is 12.4 Å². The van der Waals surface area contributed by atoms with E-state index < -0.39 is 18.7 Å². The van der Waals surface area contributed by atoms with Crippen LogP contribution in [0.15, 0.2) is 22.7 Å². The summed E-state index contributed by atoms with van der Waals surface area (Å²) >= 11 is 5.67. The second kappa shape index (κ2) is 5.06. The summed E-state index contributed by atoms with van der Waals surface area (Å²) in [6, 6.07) is 3.54. The Morgan fingerprint density at radius 1 is 1.37 bits per heavy atom. The molecular formula is C10H6ClF3N2O3. The standard InChI is InChI=1S/C10H6ClF3N2O3/c11-6-3-5(9-15-8(4-17)19-16-9)1-2-7(6)18-10(12,13)14/h1-3,17H,4H2. The van der Waals surface area contributed by atoms with Crippen molar-refractivity contribution in [1.82, 2.24) is 10.1 Å². The first-order chi connectivity index (χ1) is 8.89. The van der Waals surface area contributed by atoms with Gasteiger partial charge in [0.05, 0.1) is 5.02 Å². The van der Waals surface area contributed by atoms with Gasteiger partial charge in [0.2, 0.25) is 5.82 Å². The topological polar surface area (TPSA) is 68.4 Å². The summed E-state index contributed by atoms with van der Waals surface area (Å²) in [7, 11) is 0. The van der Waals surface area contributed by atoms with Gasteiger partial charge in [-0.3, -0.25) is 0 Å². The molecule has 0 aliphatic carbocycles. The Labute approximate surface area is 109 Å². The zero-order valence-electron chi connectivity index (χ0n) is 9.11. The summed E-state index contributed by atoms with van der Waals surface area (Å²) < 4.78 is 44.5. The number of aliphatic hydroxyl groups excluding tert-OH is 1. The molecule has 0 atom stereocenters. The van der Waals surface area contributed by atoms with Crippen molar-refractivity contribution >= 4 is 11.6 Å². The molecule has 0 unspecified atom stereocenters. The first-order valence-electron chi connectivity index (χ1n) is 4.88. The van der Waals surface area contributed by atoms with Gasteiger partial charge in [0, 0.05) is 5.56 Å². The van der Waals surface area contributed by atoms with E-state index >= 15 is 0 Å². The molecule has 19 heavy (non-hydrogen) atoms. The van der Waals surface area contributed by atoms with Gasteiger partial charge < -0.3 is 14.4 Å². The Morgan fingerprint density at radius 3 is 2.63 bits per heavy atom. The molecule has 0 fully saturated rings. The van der Waals surface area contributed by atoms with E-state index in [1.165, 1.54) is 12.1 Å². The molecule has 1 heterocycles. The molecule has 0 aliphatic rings. The number of aliphatic hydroxyl groups is 1. The summed E-state index contributed by atoms with van der Waals surface area (Å²) in [6.07, 6.45) is -4.82. The van der Waals surface area contributed by atoms with Crippen LogP contribution in [-0.2, 0) is 6.61 Å². The van der Waals surface area contributed by atoms with Gasteiger partial charge in [0.25, 0.3) is 5.89 Å². The van der Waals surface area contributed by atoms with Crippen molar-refractivity contribution in [2.75, 3.05) is 0 Å². The quantitative estimate of drug-likeness (QED) is 0.942. The Kier molecular flexibility index (Phi) is 3.63. The van der Waals surface area contributed by atoms with E-state index in [9.17, 15) is 13.2 Å². The molecule has 1 aromatic heterocycles. The number of halogens is 4. The van der Waals surface area contributed by atoms with Crippen molar-refractivity contribution in [2.45, 2.75) is 13.0 Å². The van der Waals surface area contributed by atoms with Gasteiger partial charge in [0.15, 0.2) is 0 Å². The van der Waals surface area contributed by atoms with E-state index in [1.807, 2.05) is 0 Å². The molecular weight excluding hydrogens is 289 g/mol. The molecule has 0 aliphatic heterocycles.